The van der Waals surface area contributed by atoms with Crippen LogP contribution in [0.15, 0.2) is 0 Å². The van der Waals surface area contributed by atoms with Crippen LogP contribution >= 0.6 is 0 Å². The van der Waals surface area contributed by atoms with Crippen LogP contribution in [0.25, 0.3) is 0 Å². The minimum atomic E-state index is -0.293. The van der Waals surface area contributed by atoms with Gasteiger partial charge >= 0.3 is 0 Å². The molecule has 0 spiro atoms. The third-order valence-corrected chi connectivity index (χ3v) is 3.20. The Morgan fingerprint density at radius 3 is 2.64 bits per heavy atom. The lowest BCUT2D eigenvalue weighted by Gasteiger charge is -2.10. The largest absolute Gasteiger partial charge is 0.354 e. The molecule has 78 valence electrons. The second-order valence-electron chi connectivity index (χ2n) is 4.89. The molecule has 2 amide bonds. The van der Waals surface area contributed by atoms with Gasteiger partial charge in [-0.05, 0) is 18.3 Å². The zero-order valence-corrected chi connectivity index (χ0v) is 8.59. The predicted molar refractivity (Wildman–Crippen MR) is 51.4 cm³/mol. The van der Waals surface area contributed by atoms with Crippen molar-refractivity contribution in [1.82, 2.24) is 10.6 Å². The van der Waals surface area contributed by atoms with E-state index in [0.717, 1.165) is 12.8 Å². The number of amides is 2. The van der Waals surface area contributed by atoms with Crippen molar-refractivity contribution in [3.8, 4) is 0 Å². The highest BCUT2D eigenvalue weighted by atomic mass is 16.2. The first kappa shape index (κ1) is 9.49. The van der Waals surface area contributed by atoms with E-state index in [2.05, 4.69) is 24.5 Å². The Hall–Kier alpha value is -1.06. The van der Waals surface area contributed by atoms with Gasteiger partial charge in [-0.2, -0.15) is 0 Å². The van der Waals surface area contributed by atoms with E-state index >= 15 is 0 Å². The van der Waals surface area contributed by atoms with E-state index in [1.807, 2.05) is 0 Å². The topological polar surface area (TPSA) is 58.2 Å². The van der Waals surface area contributed by atoms with Crippen LogP contribution in [0.1, 0.15) is 26.7 Å². The van der Waals surface area contributed by atoms with Crippen LogP contribution in [0.4, 0.5) is 0 Å². The summed E-state index contributed by atoms with van der Waals surface area (Å²) >= 11 is 0. The van der Waals surface area contributed by atoms with E-state index in [9.17, 15) is 9.59 Å². The molecule has 1 heterocycles. The van der Waals surface area contributed by atoms with Crippen LogP contribution < -0.4 is 10.6 Å². The summed E-state index contributed by atoms with van der Waals surface area (Å²) in [5.74, 6) is 0.102. The van der Waals surface area contributed by atoms with Gasteiger partial charge in [-0.25, -0.2) is 0 Å². The van der Waals surface area contributed by atoms with Crippen molar-refractivity contribution in [3.05, 3.63) is 0 Å². The summed E-state index contributed by atoms with van der Waals surface area (Å²) in [7, 11) is 0. The molecule has 0 aromatic heterocycles. The molecule has 2 rings (SSSR count). The normalized spacial score (nSPS) is 33.7. The maximum Gasteiger partial charge on any atom is 0.242 e. The van der Waals surface area contributed by atoms with Gasteiger partial charge in [0.05, 0.1) is 0 Å². The molecule has 0 bridgehead atoms. The molecule has 1 saturated carbocycles. The Morgan fingerprint density at radius 1 is 1.57 bits per heavy atom. The van der Waals surface area contributed by atoms with Gasteiger partial charge < -0.3 is 10.6 Å². The summed E-state index contributed by atoms with van der Waals surface area (Å²) in [6, 6.07) is -0.293. The minimum Gasteiger partial charge on any atom is -0.354 e. The molecule has 2 aliphatic rings. The standard InChI is InChI=1S/C10H16N2O2/c1-10(2)5-6(10)8(13)12-7-3-4-11-9(7)14/h6-7H,3-5H2,1-2H3,(H,11,14)(H,12,13). The highest BCUT2D eigenvalue weighted by Gasteiger charge is 2.51. The Bertz CT molecular complexity index is 286. The van der Waals surface area contributed by atoms with Crippen molar-refractivity contribution < 1.29 is 9.59 Å². The number of nitrogens with one attached hydrogen (secondary N) is 2. The Labute approximate surface area is 83.4 Å². The summed E-state index contributed by atoms with van der Waals surface area (Å²) < 4.78 is 0. The van der Waals surface area contributed by atoms with Crippen LogP contribution in [-0.4, -0.2) is 24.4 Å². The molecular weight excluding hydrogens is 180 g/mol. The first-order valence-corrected chi connectivity index (χ1v) is 5.09. The van der Waals surface area contributed by atoms with Gasteiger partial charge in [-0.3, -0.25) is 9.59 Å². The fourth-order valence-electron chi connectivity index (χ4n) is 1.92. The van der Waals surface area contributed by atoms with E-state index < -0.39 is 0 Å². The van der Waals surface area contributed by atoms with E-state index in [0.29, 0.717) is 6.54 Å². The maximum atomic E-state index is 11.6. The van der Waals surface area contributed by atoms with Gasteiger partial charge in [0.2, 0.25) is 11.8 Å². The molecule has 2 atom stereocenters. The van der Waals surface area contributed by atoms with Crippen molar-refractivity contribution in [3.63, 3.8) is 0 Å². The van der Waals surface area contributed by atoms with Crippen LogP contribution in [-0.2, 0) is 9.59 Å². The number of carbonyl (C=O) groups is 2. The maximum absolute atomic E-state index is 11.6. The average Bonchev–Trinajstić information content (AvgIpc) is 2.54. The summed E-state index contributed by atoms with van der Waals surface area (Å²) in [6.07, 6.45) is 1.66. The van der Waals surface area contributed by atoms with Gasteiger partial charge in [0, 0.05) is 12.5 Å². The lowest BCUT2D eigenvalue weighted by Crippen LogP contribution is -2.41. The summed E-state index contributed by atoms with van der Waals surface area (Å²) in [4.78, 5) is 22.8. The van der Waals surface area contributed by atoms with Crippen molar-refractivity contribution in [1.29, 1.82) is 0 Å². The van der Waals surface area contributed by atoms with Crippen molar-refractivity contribution in [2.45, 2.75) is 32.7 Å². The number of hydrogen-bond acceptors (Lipinski definition) is 2. The van der Waals surface area contributed by atoms with Gasteiger partial charge in [0.25, 0.3) is 0 Å². The molecular formula is C10H16N2O2. The Balaban J connectivity index is 1.86. The van der Waals surface area contributed by atoms with Crippen LogP contribution in [0, 0.1) is 11.3 Å². The SMILES string of the molecule is CC1(C)CC1C(=O)NC1CCNC1=O. The average molecular weight is 196 g/mol. The zero-order chi connectivity index (χ0) is 10.3. The summed E-state index contributed by atoms with van der Waals surface area (Å²) in [5, 5.41) is 5.50. The molecule has 14 heavy (non-hydrogen) atoms. The molecule has 4 heteroatoms. The highest BCUT2D eigenvalue weighted by molar-refractivity contribution is 5.91. The number of hydrogen-bond donors (Lipinski definition) is 2. The van der Waals surface area contributed by atoms with Gasteiger partial charge in [-0.15, -0.1) is 0 Å². The second-order valence-corrected chi connectivity index (χ2v) is 4.89. The van der Waals surface area contributed by atoms with Crippen molar-refractivity contribution in [2.24, 2.45) is 11.3 Å². The fraction of sp³-hybridized carbons (Fsp3) is 0.800. The van der Waals surface area contributed by atoms with E-state index in [4.69, 9.17) is 0 Å². The molecule has 2 N–H and O–H groups in total. The molecule has 0 radical (unpaired) electrons. The lowest BCUT2D eigenvalue weighted by atomic mass is 10.1. The molecule has 0 aromatic rings. The molecule has 1 saturated heterocycles. The quantitative estimate of drug-likeness (QED) is 0.655. The van der Waals surface area contributed by atoms with Gasteiger partial charge in [0.15, 0.2) is 0 Å². The highest BCUT2D eigenvalue weighted by Crippen LogP contribution is 2.51. The third-order valence-electron chi connectivity index (χ3n) is 3.20. The Kier molecular flexibility index (Phi) is 2.01. The van der Waals surface area contributed by atoms with Crippen molar-refractivity contribution in [2.75, 3.05) is 6.54 Å². The molecule has 1 aliphatic carbocycles. The van der Waals surface area contributed by atoms with Gasteiger partial charge in [-0.1, -0.05) is 13.8 Å². The second kappa shape index (κ2) is 2.97. The summed E-state index contributed by atoms with van der Waals surface area (Å²) in [6.45, 7) is 4.83. The van der Waals surface area contributed by atoms with E-state index in [1.54, 1.807) is 0 Å². The Morgan fingerprint density at radius 2 is 2.21 bits per heavy atom. The number of carbonyl (C=O) groups excluding carboxylic acids is 2. The van der Waals surface area contributed by atoms with E-state index in [-0.39, 0.29) is 29.2 Å². The van der Waals surface area contributed by atoms with Crippen LogP contribution in [0.5, 0.6) is 0 Å². The lowest BCUT2D eigenvalue weighted by molar-refractivity contribution is -0.128. The van der Waals surface area contributed by atoms with Crippen molar-refractivity contribution >= 4 is 11.8 Å². The summed E-state index contributed by atoms with van der Waals surface area (Å²) in [5.41, 5.74) is 0.138. The molecule has 2 unspecified atom stereocenters. The zero-order valence-electron chi connectivity index (χ0n) is 8.59. The molecule has 4 nitrogen and oxygen atoms in total. The third kappa shape index (κ3) is 1.61. The smallest absolute Gasteiger partial charge is 0.242 e. The fourth-order valence-corrected chi connectivity index (χ4v) is 1.92. The monoisotopic (exact) mass is 196 g/mol. The number of rotatable bonds is 2. The van der Waals surface area contributed by atoms with E-state index in [1.165, 1.54) is 0 Å². The minimum absolute atomic E-state index is 0.0389. The first-order chi connectivity index (χ1) is 6.50. The van der Waals surface area contributed by atoms with Crippen LogP contribution in [0.2, 0.25) is 0 Å². The molecule has 1 aliphatic heterocycles. The first-order valence-electron chi connectivity index (χ1n) is 5.09. The predicted octanol–water partition coefficient (Wildman–Crippen LogP) is 0.0372. The van der Waals surface area contributed by atoms with Crippen LogP contribution in [0.3, 0.4) is 0 Å². The molecule has 2 fully saturated rings. The molecule has 0 aromatic carbocycles. The van der Waals surface area contributed by atoms with Gasteiger partial charge in [0.1, 0.15) is 6.04 Å².